The summed E-state index contributed by atoms with van der Waals surface area (Å²) in [6, 6.07) is 0. The van der Waals surface area contributed by atoms with E-state index in [4.69, 9.17) is 9.16 Å². The fourth-order valence-electron chi connectivity index (χ4n) is 9.10. The third-order valence-corrected chi connectivity index (χ3v) is 16.5. The summed E-state index contributed by atoms with van der Waals surface area (Å²) < 4.78 is 12.5. The lowest BCUT2D eigenvalue weighted by atomic mass is 9.48. The summed E-state index contributed by atoms with van der Waals surface area (Å²) in [6.45, 7) is 17.8. The molecule has 1 N–H and O–H groups in total. The predicted molar refractivity (Wildman–Crippen MR) is 133 cm³/mol. The molecule has 1 unspecified atom stereocenters. The Hall–Kier alpha value is 0.0969. The van der Waals surface area contributed by atoms with Crippen LogP contribution in [0.25, 0.3) is 0 Å². The topological polar surface area (TPSA) is 42.0 Å². The summed E-state index contributed by atoms with van der Waals surface area (Å²) in [5.74, 6) is 5.04. The highest BCUT2D eigenvalue weighted by Crippen LogP contribution is 2.65. The van der Waals surface area contributed by atoms with E-state index in [0.29, 0.717) is 11.5 Å². The van der Waals surface area contributed by atoms with Gasteiger partial charge in [-0.05, 0) is 124 Å². The first-order valence-electron chi connectivity index (χ1n) is 13.9. The van der Waals surface area contributed by atoms with Crippen LogP contribution < -0.4 is 0 Å². The lowest BCUT2D eigenvalue weighted by molar-refractivity contribution is -0.117. The summed E-state index contributed by atoms with van der Waals surface area (Å²) in [6.07, 6.45) is 12.1. The molecule has 4 heteroatoms. The molecule has 1 saturated heterocycles. The molecule has 0 bridgehead atoms. The molecule has 0 aromatic heterocycles. The van der Waals surface area contributed by atoms with Crippen LogP contribution in [0.5, 0.6) is 0 Å². The highest BCUT2D eigenvalue weighted by Gasteiger charge is 2.60. The van der Waals surface area contributed by atoms with E-state index < -0.39 is 13.9 Å². The zero-order valence-electron chi connectivity index (χ0n) is 22.0. The fourth-order valence-corrected chi connectivity index (χ4v) is 10.5. The van der Waals surface area contributed by atoms with Crippen LogP contribution in [0.4, 0.5) is 0 Å². The molecule has 5 rings (SSSR count). The van der Waals surface area contributed by atoms with Crippen molar-refractivity contribution in [1.29, 1.82) is 0 Å². The second-order valence-electron chi connectivity index (χ2n) is 14.4. The Labute approximate surface area is 198 Å². The normalized spacial score (nSPS) is 49.7. The van der Waals surface area contributed by atoms with Gasteiger partial charge in [-0.2, -0.15) is 0 Å². The zero-order valence-corrected chi connectivity index (χ0v) is 23.0. The Bertz CT molecular complexity index is 712. The average Bonchev–Trinajstić information content (AvgIpc) is 3.49. The molecule has 0 amide bonds. The molecule has 4 aliphatic carbocycles. The Balaban J connectivity index is 1.28. The maximum Gasteiger partial charge on any atom is 0.192 e. The van der Waals surface area contributed by atoms with Crippen molar-refractivity contribution in [3.63, 3.8) is 0 Å². The molecule has 5 aliphatic rings. The van der Waals surface area contributed by atoms with Gasteiger partial charge in [-0.25, -0.2) is 0 Å². The van der Waals surface area contributed by atoms with Gasteiger partial charge >= 0.3 is 0 Å². The fraction of sp³-hybridized carbons (Fsp3) is 1.00. The molecule has 184 valence electrons. The van der Waals surface area contributed by atoms with Crippen LogP contribution in [-0.2, 0) is 9.16 Å². The van der Waals surface area contributed by atoms with Gasteiger partial charge in [0.2, 0.25) is 0 Å². The highest BCUT2D eigenvalue weighted by atomic mass is 28.4. The number of rotatable bonds is 4. The first kappa shape index (κ1) is 23.8. The average molecular weight is 463 g/mol. The van der Waals surface area contributed by atoms with Crippen LogP contribution in [0, 0.1) is 40.9 Å². The van der Waals surface area contributed by atoms with E-state index >= 15 is 0 Å². The Kier molecular flexibility index (Phi) is 5.81. The molecule has 32 heavy (non-hydrogen) atoms. The van der Waals surface area contributed by atoms with Crippen molar-refractivity contribution in [2.24, 2.45) is 40.9 Å². The SMILES string of the molecule is CC(O[Si](C)(C)C(C)(C)C)[C@H]1CC[C@H]2[C@@H]3CC[C@@H]4C[C@@](O)([C@H]5CO5)CC[C@@H]4[C@H]3CC[C@]12C. The van der Waals surface area contributed by atoms with Crippen LogP contribution >= 0.6 is 0 Å². The van der Waals surface area contributed by atoms with Crippen LogP contribution in [0.3, 0.4) is 0 Å². The molecule has 4 saturated carbocycles. The summed E-state index contributed by atoms with van der Waals surface area (Å²) >= 11 is 0. The van der Waals surface area contributed by atoms with Crippen molar-refractivity contribution >= 4 is 8.32 Å². The van der Waals surface area contributed by atoms with Gasteiger partial charge in [-0.1, -0.05) is 27.7 Å². The van der Waals surface area contributed by atoms with E-state index in [2.05, 4.69) is 47.7 Å². The van der Waals surface area contributed by atoms with Crippen LogP contribution in [0.15, 0.2) is 0 Å². The molecule has 5 fully saturated rings. The first-order valence-corrected chi connectivity index (χ1v) is 16.8. The lowest BCUT2D eigenvalue weighted by Crippen LogP contribution is -2.53. The molecule has 0 radical (unpaired) electrons. The molecule has 1 aliphatic heterocycles. The number of hydrogen-bond acceptors (Lipinski definition) is 3. The van der Waals surface area contributed by atoms with Gasteiger partial charge in [-0.15, -0.1) is 0 Å². The van der Waals surface area contributed by atoms with Crippen LogP contribution in [-0.4, -0.2) is 37.8 Å². The van der Waals surface area contributed by atoms with Gasteiger partial charge in [0.15, 0.2) is 8.32 Å². The number of aliphatic hydroxyl groups is 1. The van der Waals surface area contributed by atoms with E-state index in [-0.39, 0.29) is 11.1 Å². The van der Waals surface area contributed by atoms with E-state index in [9.17, 15) is 5.11 Å². The summed E-state index contributed by atoms with van der Waals surface area (Å²) in [7, 11) is -1.73. The third-order valence-electron chi connectivity index (χ3n) is 11.9. The molecule has 0 spiro atoms. The molecular formula is C28H50O3Si. The van der Waals surface area contributed by atoms with E-state index in [1.165, 1.54) is 44.9 Å². The Morgan fingerprint density at radius 2 is 1.66 bits per heavy atom. The third kappa shape index (κ3) is 3.78. The number of fused-ring (bicyclic) bond motifs is 5. The zero-order chi connectivity index (χ0) is 23.1. The number of epoxide rings is 1. The van der Waals surface area contributed by atoms with Crippen molar-refractivity contribution < 1.29 is 14.3 Å². The molecule has 1 heterocycles. The number of hydrogen-bond donors (Lipinski definition) is 1. The number of ether oxygens (including phenoxy) is 1. The van der Waals surface area contributed by atoms with Crippen molar-refractivity contribution in [2.75, 3.05) is 6.61 Å². The van der Waals surface area contributed by atoms with E-state index in [1.807, 2.05) is 0 Å². The summed E-state index contributed by atoms with van der Waals surface area (Å²) in [5.41, 5.74) is -0.0425. The van der Waals surface area contributed by atoms with Gasteiger partial charge < -0.3 is 14.3 Å². The van der Waals surface area contributed by atoms with Crippen molar-refractivity contribution in [3.05, 3.63) is 0 Å². The minimum absolute atomic E-state index is 0.147. The van der Waals surface area contributed by atoms with Crippen LogP contribution in [0.2, 0.25) is 18.1 Å². The van der Waals surface area contributed by atoms with Crippen molar-refractivity contribution in [1.82, 2.24) is 0 Å². The standard InChI is InChI=1S/C28H50O3Si/c1-18(31-32(6,7)26(2,3)4)23-10-11-24-22-9-8-19-16-28(29,25-17-30-25)15-13-20(19)21(22)12-14-27(23,24)5/h18-25,29H,8-17H2,1-7H3/t18?,19-,20+,21-,22-,23-,24+,25-,27-,28-/m1/s1. The molecule has 0 aromatic carbocycles. The van der Waals surface area contributed by atoms with Gasteiger partial charge in [0.1, 0.15) is 6.10 Å². The molecular weight excluding hydrogens is 412 g/mol. The maximum atomic E-state index is 11.1. The van der Waals surface area contributed by atoms with Gasteiger partial charge in [0, 0.05) is 6.10 Å². The second kappa shape index (κ2) is 7.80. The lowest BCUT2D eigenvalue weighted by Gasteiger charge is -2.57. The summed E-state index contributed by atoms with van der Waals surface area (Å²) in [5, 5.41) is 11.4. The second-order valence-corrected chi connectivity index (χ2v) is 19.2. The van der Waals surface area contributed by atoms with E-state index in [1.54, 1.807) is 0 Å². The van der Waals surface area contributed by atoms with Gasteiger partial charge in [0.05, 0.1) is 12.2 Å². The molecule has 10 atom stereocenters. The molecule has 0 aromatic rings. The van der Waals surface area contributed by atoms with Crippen LogP contribution in [0.1, 0.15) is 92.4 Å². The predicted octanol–water partition coefficient (Wildman–Crippen LogP) is 6.80. The quantitative estimate of drug-likeness (QED) is 0.369. The first-order chi connectivity index (χ1) is 14.9. The minimum atomic E-state index is -1.73. The Morgan fingerprint density at radius 3 is 2.31 bits per heavy atom. The van der Waals surface area contributed by atoms with Crippen molar-refractivity contribution in [2.45, 2.75) is 128 Å². The highest BCUT2D eigenvalue weighted by molar-refractivity contribution is 6.74. The summed E-state index contributed by atoms with van der Waals surface area (Å²) in [4.78, 5) is 0. The Morgan fingerprint density at radius 1 is 0.969 bits per heavy atom. The minimum Gasteiger partial charge on any atom is -0.414 e. The van der Waals surface area contributed by atoms with Gasteiger partial charge in [0.25, 0.3) is 0 Å². The van der Waals surface area contributed by atoms with E-state index in [0.717, 1.165) is 55.0 Å². The largest absolute Gasteiger partial charge is 0.414 e. The van der Waals surface area contributed by atoms with Gasteiger partial charge in [-0.3, -0.25) is 0 Å². The molecule has 3 nitrogen and oxygen atoms in total. The monoisotopic (exact) mass is 462 g/mol. The maximum absolute atomic E-state index is 11.1. The smallest absolute Gasteiger partial charge is 0.192 e. The van der Waals surface area contributed by atoms with Crippen molar-refractivity contribution in [3.8, 4) is 0 Å².